The van der Waals surface area contributed by atoms with Crippen LogP contribution in [0.2, 0.25) is 0 Å². The molecule has 1 aliphatic rings. The van der Waals surface area contributed by atoms with Crippen LogP contribution in [-0.2, 0) is 11.2 Å². The first kappa shape index (κ1) is 14.7. The smallest absolute Gasteiger partial charge is 0.315 e. The summed E-state index contributed by atoms with van der Waals surface area (Å²) in [6.07, 6.45) is 3.55. The summed E-state index contributed by atoms with van der Waals surface area (Å²) < 4.78 is 5.25. The van der Waals surface area contributed by atoms with Gasteiger partial charge in [0.15, 0.2) is 0 Å². The number of carbonyl (C=O) groups is 1. The van der Waals surface area contributed by atoms with Gasteiger partial charge in [0.05, 0.1) is 0 Å². The van der Waals surface area contributed by atoms with Crippen LogP contribution in [0, 0.1) is 0 Å². The Morgan fingerprint density at radius 2 is 1.95 bits per heavy atom. The molecule has 2 rings (SSSR count). The highest BCUT2D eigenvalue weighted by Gasteiger charge is 2.15. The molecular formula is C15H22N2O3. The van der Waals surface area contributed by atoms with E-state index in [-0.39, 0.29) is 17.8 Å². The van der Waals surface area contributed by atoms with Crippen molar-refractivity contribution in [2.24, 2.45) is 0 Å². The Labute approximate surface area is 119 Å². The second kappa shape index (κ2) is 7.75. The Balaban J connectivity index is 1.58. The molecule has 3 N–H and O–H groups in total. The summed E-state index contributed by atoms with van der Waals surface area (Å²) in [4.78, 5) is 11.7. The molecule has 0 spiro atoms. The van der Waals surface area contributed by atoms with Crippen molar-refractivity contribution in [1.29, 1.82) is 0 Å². The van der Waals surface area contributed by atoms with Crippen molar-refractivity contribution < 1.29 is 14.6 Å². The minimum absolute atomic E-state index is 0.0948. The quantitative estimate of drug-likeness (QED) is 0.719. The van der Waals surface area contributed by atoms with Gasteiger partial charge in [0.1, 0.15) is 5.75 Å². The Morgan fingerprint density at radius 3 is 2.65 bits per heavy atom. The van der Waals surface area contributed by atoms with Crippen molar-refractivity contribution in [1.82, 2.24) is 10.6 Å². The normalized spacial score (nSPS) is 15.8. The zero-order chi connectivity index (χ0) is 14.2. The lowest BCUT2D eigenvalue weighted by Crippen LogP contribution is -2.44. The van der Waals surface area contributed by atoms with Gasteiger partial charge < -0.3 is 20.5 Å². The number of ether oxygens (including phenoxy) is 1. The van der Waals surface area contributed by atoms with Gasteiger partial charge >= 0.3 is 6.03 Å². The van der Waals surface area contributed by atoms with Crippen molar-refractivity contribution >= 4 is 6.03 Å². The van der Waals surface area contributed by atoms with E-state index in [4.69, 9.17) is 4.74 Å². The molecule has 0 bridgehead atoms. The summed E-state index contributed by atoms with van der Waals surface area (Å²) in [5, 5.41) is 15.0. The highest BCUT2D eigenvalue weighted by atomic mass is 16.5. The molecule has 1 aromatic carbocycles. The lowest BCUT2D eigenvalue weighted by molar-refractivity contribution is 0.0801. The predicted molar refractivity (Wildman–Crippen MR) is 76.8 cm³/mol. The van der Waals surface area contributed by atoms with Crippen LogP contribution in [-0.4, -0.2) is 36.9 Å². The standard InChI is InChI=1S/C15H22N2O3/c18-14-5-3-12(4-6-14)2-1-9-16-15(19)17-13-7-10-20-11-8-13/h3-6,13,18H,1-2,7-11H2,(H2,16,17,19). The SMILES string of the molecule is O=C(NCCCc1ccc(O)cc1)NC1CCOCC1. The fourth-order valence-electron chi connectivity index (χ4n) is 2.24. The van der Waals surface area contributed by atoms with E-state index in [2.05, 4.69) is 10.6 Å². The molecule has 0 radical (unpaired) electrons. The van der Waals surface area contributed by atoms with Crippen molar-refractivity contribution in [3.8, 4) is 5.75 Å². The number of rotatable bonds is 5. The number of aryl methyl sites for hydroxylation is 1. The number of hydrogen-bond acceptors (Lipinski definition) is 3. The van der Waals surface area contributed by atoms with E-state index in [1.54, 1.807) is 12.1 Å². The number of amides is 2. The fraction of sp³-hybridized carbons (Fsp3) is 0.533. The lowest BCUT2D eigenvalue weighted by Gasteiger charge is -2.23. The molecule has 0 saturated carbocycles. The average molecular weight is 278 g/mol. The van der Waals surface area contributed by atoms with Gasteiger partial charge in [-0.1, -0.05) is 12.1 Å². The van der Waals surface area contributed by atoms with Crippen LogP contribution in [0.25, 0.3) is 0 Å². The first-order valence-corrected chi connectivity index (χ1v) is 7.14. The second-order valence-corrected chi connectivity index (χ2v) is 5.06. The first-order chi connectivity index (χ1) is 9.74. The van der Waals surface area contributed by atoms with Crippen LogP contribution in [0.4, 0.5) is 4.79 Å². The van der Waals surface area contributed by atoms with Gasteiger partial charge in [0.2, 0.25) is 0 Å². The van der Waals surface area contributed by atoms with Crippen LogP contribution in [0.1, 0.15) is 24.8 Å². The molecule has 0 unspecified atom stereocenters. The lowest BCUT2D eigenvalue weighted by atomic mass is 10.1. The number of hydrogen-bond donors (Lipinski definition) is 3. The van der Waals surface area contributed by atoms with Crippen molar-refractivity contribution in [3.05, 3.63) is 29.8 Å². The van der Waals surface area contributed by atoms with Crippen molar-refractivity contribution in [3.63, 3.8) is 0 Å². The maximum Gasteiger partial charge on any atom is 0.315 e. The molecule has 110 valence electrons. The molecule has 0 aliphatic carbocycles. The Kier molecular flexibility index (Phi) is 5.68. The largest absolute Gasteiger partial charge is 0.508 e. The highest BCUT2D eigenvalue weighted by molar-refractivity contribution is 5.74. The van der Waals surface area contributed by atoms with Crippen LogP contribution < -0.4 is 10.6 Å². The number of urea groups is 1. The molecule has 0 atom stereocenters. The monoisotopic (exact) mass is 278 g/mol. The van der Waals surface area contributed by atoms with Crippen molar-refractivity contribution in [2.45, 2.75) is 31.7 Å². The Morgan fingerprint density at radius 1 is 1.25 bits per heavy atom. The van der Waals surface area contributed by atoms with Gasteiger partial charge in [0.25, 0.3) is 0 Å². The average Bonchev–Trinajstić information content (AvgIpc) is 2.46. The Bertz CT molecular complexity index is 414. The summed E-state index contributed by atoms with van der Waals surface area (Å²) in [7, 11) is 0. The number of aromatic hydroxyl groups is 1. The summed E-state index contributed by atoms with van der Waals surface area (Å²) in [5.41, 5.74) is 1.16. The van der Waals surface area contributed by atoms with Crippen LogP contribution >= 0.6 is 0 Å². The third-order valence-electron chi connectivity index (χ3n) is 3.42. The minimum atomic E-state index is -0.0948. The first-order valence-electron chi connectivity index (χ1n) is 7.14. The van der Waals surface area contributed by atoms with Crippen LogP contribution in [0.15, 0.2) is 24.3 Å². The van der Waals surface area contributed by atoms with Crippen molar-refractivity contribution in [2.75, 3.05) is 19.8 Å². The zero-order valence-corrected chi connectivity index (χ0v) is 11.6. The van der Waals surface area contributed by atoms with E-state index < -0.39 is 0 Å². The highest BCUT2D eigenvalue weighted by Crippen LogP contribution is 2.10. The fourth-order valence-corrected chi connectivity index (χ4v) is 2.24. The molecular weight excluding hydrogens is 256 g/mol. The van der Waals surface area contributed by atoms with Gasteiger partial charge in [-0.05, 0) is 43.4 Å². The molecule has 1 saturated heterocycles. The topological polar surface area (TPSA) is 70.6 Å². The predicted octanol–water partition coefficient (Wildman–Crippen LogP) is 1.80. The number of phenolic OH excluding ortho intramolecular Hbond substituents is 1. The number of phenols is 1. The van der Waals surface area contributed by atoms with E-state index in [1.807, 2.05) is 12.1 Å². The maximum atomic E-state index is 11.7. The summed E-state index contributed by atoms with van der Waals surface area (Å²) >= 11 is 0. The van der Waals surface area contributed by atoms with E-state index in [0.717, 1.165) is 44.5 Å². The van der Waals surface area contributed by atoms with Crippen LogP contribution in [0.3, 0.4) is 0 Å². The molecule has 1 fully saturated rings. The molecule has 1 heterocycles. The van der Waals surface area contributed by atoms with Gasteiger partial charge in [-0.3, -0.25) is 0 Å². The molecule has 5 heteroatoms. The second-order valence-electron chi connectivity index (χ2n) is 5.06. The van der Waals surface area contributed by atoms with Gasteiger partial charge in [-0.15, -0.1) is 0 Å². The summed E-state index contributed by atoms with van der Waals surface area (Å²) in [6, 6.07) is 7.30. The molecule has 5 nitrogen and oxygen atoms in total. The maximum absolute atomic E-state index is 11.7. The number of nitrogens with one attached hydrogen (secondary N) is 2. The third-order valence-corrected chi connectivity index (χ3v) is 3.42. The van der Waals surface area contributed by atoms with Crippen LogP contribution in [0.5, 0.6) is 5.75 Å². The summed E-state index contributed by atoms with van der Waals surface area (Å²) in [5.74, 6) is 0.280. The minimum Gasteiger partial charge on any atom is -0.508 e. The third kappa shape index (κ3) is 5.09. The molecule has 1 aromatic rings. The van der Waals surface area contributed by atoms with Gasteiger partial charge in [0, 0.05) is 25.8 Å². The summed E-state index contributed by atoms with van der Waals surface area (Å²) in [6.45, 7) is 2.10. The molecule has 1 aliphatic heterocycles. The van der Waals surface area contributed by atoms with E-state index >= 15 is 0 Å². The van der Waals surface area contributed by atoms with E-state index in [0.29, 0.717) is 6.54 Å². The Hall–Kier alpha value is -1.75. The number of benzene rings is 1. The van der Waals surface area contributed by atoms with Gasteiger partial charge in [-0.2, -0.15) is 0 Å². The molecule has 0 aromatic heterocycles. The van der Waals surface area contributed by atoms with E-state index in [9.17, 15) is 9.90 Å². The zero-order valence-electron chi connectivity index (χ0n) is 11.6. The van der Waals surface area contributed by atoms with Gasteiger partial charge in [-0.25, -0.2) is 4.79 Å². The molecule has 2 amide bonds. The number of carbonyl (C=O) groups excluding carboxylic acids is 1. The van der Waals surface area contributed by atoms with E-state index in [1.165, 1.54) is 0 Å². The molecule has 20 heavy (non-hydrogen) atoms.